The summed E-state index contributed by atoms with van der Waals surface area (Å²) in [6.45, 7) is 4.96. The Kier molecular flexibility index (Phi) is 3.64. The van der Waals surface area contributed by atoms with Gasteiger partial charge in [0, 0.05) is 6.54 Å². The molecule has 1 saturated carbocycles. The van der Waals surface area contributed by atoms with Gasteiger partial charge in [0.05, 0.1) is 11.8 Å². The molecule has 1 fully saturated rings. The van der Waals surface area contributed by atoms with Crippen molar-refractivity contribution in [2.24, 2.45) is 11.3 Å². The van der Waals surface area contributed by atoms with Crippen LogP contribution in [0.2, 0.25) is 0 Å². The van der Waals surface area contributed by atoms with Gasteiger partial charge in [0.2, 0.25) is 0 Å². The highest BCUT2D eigenvalue weighted by molar-refractivity contribution is 5.96. The van der Waals surface area contributed by atoms with Gasteiger partial charge in [0.25, 0.3) is 5.91 Å². The number of aliphatic carboxylic acids is 1. The largest absolute Gasteiger partial charge is 0.481 e. The number of nitrogens with one attached hydrogen (secondary N) is 1. The molecule has 19 heavy (non-hydrogen) atoms. The summed E-state index contributed by atoms with van der Waals surface area (Å²) in [6, 6.07) is 1.52. The molecule has 0 bridgehead atoms. The predicted molar refractivity (Wildman–Crippen MR) is 68.9 cm³/mol. The van der Waals surface area contributed by atoms with Gasteiger partial charge >= 0.3 is 5.97 Å². The minimum absolute atomic E-state index is 0.208. The van der Waals surface area contributed by atoms with Crippen LogP contribution in [0.1, 0.15) is 42.8 Å². The fraction of sp³-hybridized carbons (Fsp3) is 0.571. The molecule has 1 aliphatic carbocycles. The van der Waals surface area contributed by atoms with E-state index in [4.69, 9.17) is 9.52 Å². The van der Waals surface area contributed by atoms with Gasteiger partial charge in [0.1, 0.15) is 12.2 Å². The SMILES string of the molecule is CC(C)C1(CNC(=O)c2ccoc2CC(=O)O)CC1. The number of rotatable bonds is 6. The van der Waals surface area contributed by atoms with E-state index >= 15 is 0 Å². The lowest BCUT2D eigenvalue weighted by Crippen LogP contribution is -2.32. The lowest BCUT2D eigenvalue weighted by molar-refractivity contribution is -0.136. The number of hydrogen-bond acceptors (Lipinski definition) is 3. The van der Waals surface area contributed by atoms with Crippen molar-refractivity contribution in [3.63, 3.8) is 0 Å². The van der Waals surface area contributed by atoms with E-state index in [1.165, 1.54) is 12.3 Å². The Bertz CT molecular complexity index is 485. The highest BCUT2D eigenvalue weighted by Crippen LogP contribution is 2.51. The summed E-state index contributed by atoms with van der Waals surface area (Å²) in [4.78, 5) is 22.7. The standard InChI is InChI=1S/C14H19NO4/c1-9(2)14(4-5-14)8-15-13(18)10-3-6-19-11(10)7-12(16)17/h3,6,9H,4-5,7-8H2,1-2H3,(H,15,18)(H,16,17). The van der Waals surface area contributed by atoms with E-state index in [2.05, 4.69) is 19.2 Å². The molecule has 2 N–H and O–H groups in total. The Morgan fingerprint density at radius 3 is 2.68 bits per heavy atom. The van der Waals surface area contributed by atoms with E-state index < -0.39 is 5.97 Å². The molecule has 0 spiro atoms. The van der Waals surface area contributed by atoms with Crippen LogP contribution in [0.25, 0.3) is 0 Å². The molecule has 0 aliphatic heterocycles. The molecule has 0 unspecified atom stereocenters. The zero-order valence-corrected chi connectivity index (χ0v) is 11.2. The first-order valence-electron chi connectivity index (χ1n) is 6.51. The predicted octanol–water partition coefficient (Wildman–Crippen LogP) is 2.07. The summed E-state index contributed by atoms with van der Waals surface area (Å²) in [5.74, 6) is -0.517. The summed E-state index contributed by atoms with van der Waals surface area (Å²) in [5, 5.41) is 11.6. The minimum atomic E-state index is -1.01. The average molecular weight is 265 g/mol. The molecule has 1 amide bonds. The molecule has 1 aromatic heterocycles. The number of hydrogen-bond donors (Lipinski definition) is 2. The van der Waals surface area contributed by atoms with Gasteiger partial charge in [0.15, 0.2) is 0 Å². The molecular weight excluding hydrogens is 246 g/mol. The Morgan fingerprint density at radius 1 is 1.47 bits per heavy atom. The third kappa shape index (κ3) is 2.97. The van der Waals surface area contributed by atoms with Gasteiger partial charge in [-0.25, -0.2) is 0 Å². The molecule has 1 aliphatic rings. The molecule has 2 rings (SSSR count). The molecule has 0 radical (unpaired) electrons. The van der Waals surface area contributed by atoms with E-state index in [0.717, 1.165) is 12.8 Å². The van der Waals surface area contributed by atoms with Crippen LogP contribution in [0.4, 0.5) is 0 Å². The van der Waals surface area contributed by atoms with Gasteiger partial charge in [-0.2, -0.15) is 0 Å². The van der Waals surface area contributed by atoms with Gasteiger partial charge in [-0.15, -0.1) is 0 Å². The highest BCUT2D eigenvalue weighted by atomic mass is 16.4. The van der Waals surface area contributed by atoms with Crippen LogP contribution in [0.3, 0.4) is 0 Å². The highest BCUT2D eigenvalue weighted by Gasteiger charge is 2.45. The third-order valence-electron chi connectivity index (χ3n) is 4.02. The Balaban J connectivity index is 1.97. The molecule has 0 saturated heterocycles. The summed E-state index contributed by atoms with van der Waals surface area (Å²) >= 11 is 0. The maximum Gasteiger partial charge on any atom is 0.311 e. The molecular formula is C14H19NO4. The topological polar surface area (TPSA) is 79.5 Å². The van der Waals surface area contributed by atoms with E-state index in [1.54, 1.807) is 0 Å². The average Bonchev–Trinajstić information content (AvgIpc) is 3.00. The maximum absolute atomic E-state index is 12.0. The molecule has 0 atom stereocenters. The smallest absolute Gasteiger partial charge is 0.311 e. The van der Waals surface area contributed by atoms with Gasteiger partial charge in [-0.3, -0.25) is 9.59 Å². The zero-order chi connectivity index (χ0) is 14.0. The molecule has 1 heterocycles. The summed E-state index contributed by atoms with van der Waals surface area (Å²) < 4.78 is 5.05. The van der Waals surface area contributed by atoms with Crippen molar-refractivity contribution >= 4 is 11.9 Å². The minimum Gasteiger partial charge on any atom is -0.481 e. The lowest BCUT2D eigenvalue weighted by atomic mass is 9.92. The van der Waals surface area contributed by atoms with Crippen LogP contribution in [-0.2, 0) is 11.2 Å². The fourth-order valence-corrected chi connectivity index (χ4v) is 2.29. The number of amides is 1. The first kappa shape index (κ1) is 13.6. The van der Waals surface area contributed by atoms with Crippen LogP contribution < -0.4 is 5.32 Å². The second-order valence-electron chi connectivity index (χ2n) is 5.53. The van der Waals surface area contributed by atoms with Crippen LogP contribution in [-0.4, -0.2) is 23.5 Å². The van der Waals surface area contributed by atoms with E-state index in [-0.39, 0.29) is 23.5 Å². The fourth-order valence-electron chi connectivity index (χ4n) is 2.29. The van der Waals surface area contributed by atoms with Gasteiger partial charge < -0.3 is 14.8 Å². The number of carboxylic acids is 1. The van der Waals surface area contributed by atoms with E-state index in [1.807, 2.05) is 0 Å². The summed E-state index contributed by atoms with van der Waals surface area (Å²) in [7, 11) is 0. The van der Waals surface area contributed by atoms with E-state index in [0.29, 0.717) is 18.0 Å². The molecule has 5 nitrogen and oxygen atoms in total. The number of carbonyl (C=O) groups is 2. The summed E-state index contributed by atoms with van der Waals surface area (Å²) in [5.41, 5.74) is 0.550. The Morgan fingerprint density at radius 2 is 2.16 bits per heavy atom. The normalized spacial score (nSPS) is 16.4. The van der Waals surface area contributed by atoms with E-state index in [9.17, 15) is 9.59 Å². The quantitative estimate of drug-likeness (QED) is 0.825. The second kappa shape index (κ2) is 5.07. The molecule has 104 valence electrons. The van der Waals surface area contributed by atoms with Gasteiger partial charge in [-0.1, -0.05) is 13.8 Å². The Hall–Kier alpha value is -1.78. The zero-order valence-electron chi connectivity index (χ0n) is 11.2. The van der Waals surface area contributed by atoms with Crippen LogP contribution in [0.5, 0.6) is 0 Å². The van der Waals surface area contributed by atoms with Crippen LogP contribution in [0, 0.1) is 11.3 Å². The van der Waals surface area contributed by atoms with Crippen molar-refractivity contribution in [1.82, 2.24) is 5.32 Å². The first-order valence-corrected chi connectivity index (χ1v) is 6.51. The van der Waals surface area contributed by atoms with Crippen LogP contribution >= 0.6 is 0 Å². The van der Waals surface area contributed by atoms with Crippen molar-refractivity contribution in [1.29, 1.82) is 0 Å². The monoisotopic (exact) mass is 265 g/mol. The Labute approximate surface area is 112 Å². The first-order chi connectivity index (χ1) is 8.94. The van der Waals surface area contributed by atoms with Gasteiger partial charge in [-0.05, 0) is 30.2 Å². The second-order valence-corrected chi connectivity index (χ2v) is 5.53. The van der Waals surface area contributed by atoms with Crippen LogP contribution in [0.15, 0.2) is 16.7 Å². The molecule has 5 heteroatoms. The lowest BCUT2D eigenvalue weighted by Gasteiger charge is -2.19. The number of carbonyl (C=O) groups excluding carboxylic acids is 1. The van der Waals surface area contributed by atoms with Crippen molar-refractivity contribution in [2.45, 2.75) is 33.1 Å². The molecule has 0 aromatic carbocycles. The molecule has 1 aromatic rings. The maximum atomic E-state index is 12.0. The number of furan rings is 1. The number of carboxylic acid groups (broad SMARTS) is 1. The van der Waals surface area contributed by atoms with Crippen molar-refractivity contribution in [2.75, 3.05) is 6.54 Å². The van der Waals surface area contributed by atoms with Crippen molar-refractivity contribution in [3.05, 3.63) is 23.7 Å². The third-order valence-corrected chi connectivity index (χ3v) is 4.02. The van der Waals surface area contributed by atoms with Crippen molar-refractivity contribution < 1.29 is 19.1 Å². The summed E-state index contributed by atoms with van der Waals surface area (Å²) in [6.07, 6.45) is 3.35. The van der Waals surface area contributed by atoms with Crippen molar-refractivity contribution in [3.8, 4) is 0 Å².